The summed E-state index contributed by atoms with van der Waals surface area (Å²) in [4.78, 5) is 14.3. The fourth-order valence-electron chi connectivity index (χ4n) is 10.7. The van der Waals surface area contributed by atoms with Crippen molar-refractivity contribution in [1.82, 2.24) is 15.0 Å². The Kier molecular flexibility index (Phi) is 13.4. The minimum atomic E-state index is 0. The normalized spacial score (nSPS) is 11.1. The van der Waals surface area contributed by atoms with Gasteiger partial charge in [-0.05, 0) is 128 Å². The maximum atomic E-state index is 4.96. The first-order valence-corrected chi connectivity index (χ1v) is 25.7. The molecule has 364 valence electrons. The largest absolute Gasteiger partial charge is 3.00 e. The second kappa shape index (κ2) is 21.2. The van der Waals surface area contributed by atoms with Gasteiger partial charge < -0.3 is 15.0 Å². The van der Waals surface area contributed by atoms with Crippen LogP contribution in [-0.4, -0.2) is 15.0 Å². The molecule has 4 heteroatoms. The third-order valence-corrected chi connectivity index (χ3v) is 14.5. The fourth-order valence-corrected chi connectivity index (χ4v) is 10.7. The molecule has 0 aliphatic carbocycles. The summed E-state index contributed by atoms with van der Waals surface area (Å²) in [5.41, 5.74) is 25.1. The average Bonchev–Trinajstić information content (AvgIpc) is 3.50. The Balaban J connectivity index is 0.00000596. The van der Waals surface area contributed by atoms with Gasteiger partial charge in [0.05, 0.1) is 0 Å². The molecule has 0 saturated heterocycles. The van der Waals surface area contributed by atoms with Crippen molar-refractivity contribution in [2.75, 3.05) is 0 Å². The van der Waals surface area contributed by atoms with Crippen LogP contribution < -0.4 is 0 Å². The van der Waals surface area contributed by atoms with Gasteiger partial charge in [-0.1, -0.05) is 196 Å². The molecule has 77 heavy (non-hydrogen) atoms. The predicted octanol–water partition coefficient (Wildman–Crippen LogP) is 18.9. The van der Waals surface area contributed by atoms with Crippen LogP contribution in [0.15, 0.2) is 255 Å². The third-order valence-electron chi connectivity index (χ3n) is 14.5. The molecule has 0 spiro atoms. The van der Waals surface area contributed by atoms with E-state index in [2.05, 4.69) is 266 Å². The molecule has 10 aromatic carbocycles. The summed E-state index contributed by atoms with van der Waals surface area (Å²) in [6.07, 6.45) is 5.64. The first-order valence-electron chi connectivity index (χ1n) is 25.7. The molecular formula is C73H48IrN3. The molecule has 3 heterocycles. The minimum Gasteiger partial charge on any atom is -0.305 e. The van der Waals surface area contributed by atoms with Crippen LogP contribution in [0.4, 0.5) is 0 Å². The van der Waals surface area contributed by atoms with Crippen molar-refractivity contribution in [3.8, 4) is 112 Å². The van der Waals surface area contributed by atoms with Crippen molar-refractivity contribution in [1.29, 1.82) is 0 Å². The molecule has 0 radical (unpaired) electrons. The number of aryl methyl sites for hydroxylation is 2. The van der Waals surface area contributed by atoms with Crippen molar-refractivity contribution < 1.29 is 20.1 Å². The van der Waals surface area contributed by atoms with Gasteiger partial charge in [0.15, 0.2) is 0 Å². The van der Waals surface area contributed by atoms with Crippen LogP contribution in [0.2, 0.25) is 0 Å². The number of fused-ring (bicyclic) bond motifs is 3. The van der Waals surface area contributed by atoms with Crippen molar-refractivity contribution in [2.45, 2.75) is 13.8 Å². The van der Waals surface area contributed by atoms with E-state index in [0.29, 0.717) is 0 Å². The van der Waals surface area contributed by atoms with Gasteiger partial charge in [-0.3, -0.25) is 0 Å². The van der Waals surface area contributed by atoms with Crippen LogP contribution >= 0.6 is 0 Å². The number of hydrogen-bond donors (Lipinski definition) is 0. The summed E-state index contributed by atoms with van der Waals surface area (Å²) in [5, 5.41) is 3.19. The van der Waals surface area contributed by atoms with Gasteiger partial charge in [-0.2, -0.15) is 0 Å². The second-order valence-corrected chi connectivity index (χ2v) is 19.5. The summed E-state index contributed by atoms with van der Waals surface area (Å²) < 4.78 is 0. The Bertz CT molecular complexity index is 4130. The van der Waals surface area contributed by atoms with E-state index < -0.39 is 0 Å². The summed E-state index contributed by atoms with van der Waals surface area (Å²) in [6.45, 7) is 4.19. The first kappa shape index (κ1) is 48.7. The predicted molar refractivity (Wildman–Crippen MR) is 315 cm³/mol. The number of nitrogens with zero attached hydrogens (tertiary/aromatic N) is 3. The Morgan fingerprint density at radius 2 is 0.727 bits per heavy atom. The number of hydrogen-bond acceptors (Lipinski definition) is 3. The molecule has 0 aliphatic heterocycles. The zero-order valence-electron chi connectivity index (χ0n) is 42.4. The molecule has 0 aliphatic rings. The van der Waals surface area contributed by atoms with Crippen LogP contribution in [0.25, 0.3) is 133 Å². The van der Waals surface area contributed by atoms with E-state index in [1.165, 1.54) is 22.3 Å². The van der Waals surface area contributed by atoms with Crippen LogP contribution in [0.1, 0.15) is 11.1 Å². The molecule has 0 saturated carbocycles. The van der Waals surface area contributed by atoms with Crippen molar-refractivity contribution >= 4 is 21.7 Å². The van der Waals surface area contributed by atoms with E-state index in [4.69, 9.17) is 4.98 Å². The van der Waals surface area contributed by atoms with Crippen LogP contribution in [0, 0.1) is 32.0 Å². The zero-order valence-corrected chi connectivity index (χ0v) is 44.8. The number of benzene rings is 10. The Morgan fingerprint density at radius 1 is 0.299 bits per heavy atom. The fraction of sp³-hybridized carbons (Fsp3) is 0.0274. The average molecular weight is 1160 g/mol. The van der Waals surface area contributed by atoms with Crippen molar-refractivity contribution in [3.05, 3.63) is 285 Å². The van der Waals surface area contributed by atoms with E-state index in [9.17, 15) is 0 Å². The molecule has 3 aromatic heterocycles. The van der Waals surface area contributed by atoms with Gasteiger partial charge in [-0.25, -0.2) is 0 Å². The number of rotatable bonds is 10. The molecular weight excluding hydrogens is 1110 g/mol. The summed E-state index contributed by atoms with van der Waals surface area (Å²) in [7, 11) is 0. The van der Waals surface area contributed by atoms with Gasteiger partial charge in [0.1, 0.15) is 0 Å². The van der Waals surface area contributed by atoms with Crippen LogP contribution in [0.5, 0.6) is 0 Å². The Hall–Kier alpha value is -9.18. The van der Waals surface area contributed by atoms with Crippen LogP contribution in [0.3, 0.4) is 0 Å². The molecule has 0 fully saturated rings. The van der Waals surface area contributed by atoms with Gasteiger partial charge in [0, 0.05) is 18.6 Å². The standard InChI is InChI=1S/C73H48N3.Ir/c1-48-36-39-74-71(42-48)55-28-24-52(25-29-55)62-14-6-9-17-65(62)59-45-60(66-18-10-7-15-63(66)53-26-30-56(31-27-53)72-43-49(2)37-40-75-72)47-61(46-59)67-19-11-8-16-64(67)57-32-34-69-58(44-57)33-35-70-68(38-41-76-73(69)70)54-22-20-51(21-23-54)50-12-4-3-5-13-50;/h3-28,30,32-33,35-47H,1-2H3;/q-3;+3. The van der Waals surface area contributed by atoms with E-state index in [-0.39, 0.29) is 20.1 Å². The second-order valence-electron chi connectivity index (χ2n) is 19.5. The van der Waals surface area contributed by atoms with Gasteiger partial charge in [0.2, 0.25) is 0 Å². The van der Waals surface area contributed by atoms with Crippen LogP contribution in [-0.2, 0) is 20.1 Å². The van der Waals surface area contributed by atoms with Gasteiger partial charge >= 0.3 is 20.1 Å². The molecule has 0 unspecified atom stereocenters. The molecule has 13 rings (SSSR count). The van der Waals surface area contributed by atoms with Crippen molar-refractivity contribution in [3.63, 3.8) is 0 Å². The monoisotopic (exact) mass is 1160 g/mol. The van der Waals surface area contributed by atoms with E-state index in [0.717, 1.165) is 122 Å². The Morgan fingerprint density at radius 3 is 1.22 bits per heavy atom. The number of aromatic nitrogens is 3. The van der Waals surface area contributed by atoms with Gasteiger partial charge in [-0.15, -0.1) is 88.6 Å². The quantitative estimate of drug-likeness (QED) is 0.101. The SMILES string of the molecule is Cc1ccnc(-c2[c-]cc(-c3ccccc3-c3cc(-c4ccccc4-c4c[c-]c(-c5cc(C)ccn5)cc4)cc(-c4ccccc4-c4c[c-]c5c(ccc6c(-c7ccc(-c8ccccc8)cc7)ccnc65)c4)c3)cc2)c1.[Ir+3]. The summed E-state index contributed by atoms with van der Waals surface area (Å²) in [6, 6.07) is 95.5. The maximum Gasteiger partial charge on any atom is 3.00 e. The maximum absolute atomic E-state index is 4.96. The molecule has 0 N–H and O–H groups in total. The third kappa shape index (κ3) is 9.74. The number of pyridine rings is 3. The summed E-state index contributed by atoms with van der Waals surface area (Å²) >= 11 is 0. The van der Waals surface area contributed by atoms with E-state index >= 15 is 0 Å². The molecule has 3 nitrogen and oxygen atoms in total. The first-order chi connectivity index (χ1) is 37.5. The zero-order chi connectivity index (χ0) is 51.0. The molecule has 0 amide bonds. The molecule has 13 aromatic rings. The molecule has 0 bridgehead atoms. The summed E-state index contributed by atoms with van der Waals surface area (Å²) in [5.74, 6) is 0. The van der Waals surface area contributed by atoms with Gasteiger partial charge in [0.25, 0.3) is 0 Å². The minimum absolute atomic E-state index is 0. The molecule has 0 atom stereocenters. The van der Waals surface area contributed by atoms with E-state index in [1.807, 2.05) is 30.7 Å². The smallest absolute Gasteiger partial charge is 0.305 e. The van der Waals surface area contributed by atoms with Crippen molar-refractivity contribution in [2.24, 2.45) is 0 Å². The Labute approximate surface area is 463 Å². The van der Waals surface area contributed by atoms with E-state index in [1.54, 1.807) is 0 Å². The topological polar surface area (TPSA) is 38.7 Å².